The van der Waals surface area contributed by atoms with Crippen LogP contribution in [0.3, 0.4) is 0 Å². The Morgan fingerprint density at radius 3 is 0.763 bits per heavy atom. The van der Waals surface area contributed by atoms with Crippen molar-refractivity contribution in [2.24, 2.45) is 0 Å². The smallest absolute Gasteiger partial charge is 0.454 e. The van der Waals surface area contributed by atoms with E-state index in [1.165, 1.54) is 22.3 Å². The minimum Gasteiger partial charge on any atom is -0.512 e. The zero-order valence-corrected chi connectivity index (χ0v) is 34.6. The number of hydrogen-bond donors (Lipinski definition) is 6. The lowest BCUT2D eigenvalue weighted by molar-refractivity contribution is 0.266. The number of hydrogen-bond acceptors (Lipinski definition) is 10. The normalized spacial score (nSPS) is 10.5. The van der Waals surface area contributed by atoms with E-state index < -0.39 is 8.56 Å². The molecule has 7 rings (SSSR count). The molecule has 0 atom stereocenters. The molecule has 0 saturated heterocycles. The molecule has 0 saturated carbocycles. The van der Waals surface area contributed by atoms with E-state index >= 15 is 0 Å². The van der Waals surface area contributed by atoms with Gasteiger partial charge in [-0.2, -0.15) is 0 Å². The summed E-state index contributed by atoms with van der Waals surface area (Å²) >= 11 is 0. The van der Waals surface area contributed by atoms with Gasteiger partial charge in [-0.25, -0.2) is 0 Å². The molecule has 0 radical (unpaired) electrons. The van der Waals surface area contributed by atoms with Crippen LogP contribution in [0.5, 0.6) is 23.0 Å². The Morgan fingerprint density at radius 2 is 0.508 bits per heavy atom. The summed E-state index contributed by atoms with van der Waals surface area (Å²) in [6, 6.07) is 53.8. The van der Waals surface area contributed by atoms with E-state index in [-0.39, 0.29) is 0 Å². The average Bonchev–Trinajstić information content (AvgIpc) is 3.23. The molecule has 12 N–H and O–H groups in total. The lowest BCUT2D eigenvalue weighted by Crippen LogP contribution is -2.41. The Hall–Kier alpha value is -7.24. The molecular weight excluding hydrogens is 753 g/mol. The van der Waals surface area contributed by atoms with E-state index in [0.717, 1.165) is 58.6 Å². The number of unbranched alkanes of at least 4 members (excludes halogenated alkanes) is 1. The van der Waals surface area contributed by atoms with Crippen molar-refractivity contribution in [2.45, 2.75) is 25.9 Å². The summed E-state index contributed by atoms with van der Waals surface area (Å²) < 4.78 is 23.0. The second-order valence-corrected chi connectivity index (χ2v) is 17.3. The quantitative estimate of drug-likeness (QED) is 0.0371. The molecule has 0 aliphatic rings. The lowest BCUT2D eigenvalue weighted by atomic mass is 10.00. The Morgan fingerprint density at radius 1 is 0.305 bits per heavy atom. The molecule has 0 aliphatic heterocycles. The predicted molar refractivity (Wildman–Crippen MR) is 249 cm³/mol. The first-order chi connectivity index (χ1) is 28.4. The standard InChI is InChI=1S/C18H16N2.C16H20N2O2.C14H18N2O2Si/c19-17-9-5-15(6-10-17)13-1-2-14(4-3-13)16-7-11-18(20)12-8-16;17-13-3-7-15(8-4-13)19-11-1-2-12-20-16-9-5-14(18)6-10-16;1-19(2,17-13-7-3-11(15)4-8-13)18-14-9-5-12(16)6-10-14/h1-12H,19-20H2;3-10H,1-2,11-12,17-18H2;3-10H,15-16H2,1-2H3. The Labute approximate surface area is 348 Å². The van der Waals surface area contributed by atoms with Crippen molar-refractivity contribution in [1.29, 1.82) is 0 Å². The molecule has 0 heterocycles. The van der Waals surface area contributed by atoms with E-state index in [1.54, 1.807) is 0 Å². The summed E-state index contributed by atoms with van der Waals surface area (Å²) in [5, 5.41) is 0. The highest BCUT2D eigenvalue weighted by atomic mass is 28.4. The summed E-state index contributed by atoms with van der Waals surface area (Å²) in [7, 11) is -2.30. The average molecular weight is 807 g/mol. The molecule has 0 amide bonds. The number of benzene rings is 7. The van der Waals surface area contributed by atoms with Gasteiger partial charge in [-0.3, -0.25) is 0 Å². The highest BCUT2D eigenvalue weighted by Gasteiger charge is 2.29. The van der Waals surface area contributed by atoms with Gasteiger partial charge in [0.2, 0.25) is 0 Å². The molecule has 0 aliphatic carbocycles. The summed E-state index contributed by atoms with van der Waals surface area (Å²) in [4.78, 5) is 0. The third-order valence-corrected chi connectivity index (χ3v) is 10.2. The summed E-state index contributed by atoms with van der Waals surface area (Å²) in [6.45, 7) is 5.32. The molecule has 0 bridgehead atoms. The van der Waals surface area contributed by atoms with E-state index in [1.807, 2.05) is 159 Å². The fourth-order valence-electron chi connectivity index (χ4n) is 5.58. The molecular formula is C48H54N6O4Si. The Bertz CT molecular complexity index is 2110. The maximum Gasteiger partial charge on any atom is 0.454 e. The van der Waals surface area contributed by atoms with Crippen molar-refractivity contribution in [3.63, 3.8) is 0 Å². The van der Waals surface area contributed by atoms with Gasteiger partial charge >= 0.3 is 8.56 Å². The number of ether oxygens (including phenoxy) is 2. The van der Waals surface area contributed by atoms with Crippen LogP contribution in [0.25, 0.3) is 22.3 Å². The third-order valence-electron chi connectivity index (χ3n) is 8.70. The van der Waals surface area contributed by atoms with Gasteiger partial charge in [-0.05, 0) is 156 Å². The van der Waals surface area contributed by atoms with Gasteiger partial charge in [-0.15, -0.1) is 0 Å². The molecule has 0 unspecified atom stereocenters. The largest absolute Gasteiger partial charge is 0.512 e. The minimum absolute atomic E-state index is 0.676. The lowest BCUT2D eigenvalue weighted by Gasteiger charge is -2.24. The second kappa shape index (κ2) is 21.3. The molecule has 0 fully saturated rings. The monoisotopic (exact) mass is 806 g/mol. The van der Waals surface area contributed by atoms with Gasteiger partial charge < -0.3 is 52.7 Å². The molecule has 304 valence electrons. The summed E-state index contributed by atoms with van der Waals surface area (Å²) in [6.07, 6.45) is 1.89. The zero-order valence-electron chi connectivity index (χ0n) is 33.6. The number of rotatable bonds is 13. The van der Waals surface area contributed by atoms with Crippen LogP contribution in [0.1, 0.15) is 12.8 Å². The topological polar surface area (TPSA) is 193 Å². The van der Waals surface area contributed by atoms with Gasteiger partial charge in [0.15, 0.2) is 0 Å². The Balaban J connectivity index is 0.000000168. The van der Waals surface area contributed by atoms with E-state index in [9.17, 15) is 0 Å². The van der Waals surface area contributed by atoms with E-state index in [2.05, 4.69) is 24.3 Å². The van der Waals surface area contributed by atoms with Gasteiger partial charge in [0.1, 0.15) is 23.0 Å². The summed E-state index contributed by atoms with van der Waals surface area (Å²) in [5.74, 6) is 3.22. The zero-order chi connectivity index (χ0) is 42.0. The van der Waals surface area contributed by atoms with Crippen LogP contribution in [-0.4, -0.2) is 21.8 Å². The van der Waals surface area contributed by atoms with Gasteiger partial charge in [-0.1, -0.05) is 48.5 Å². The van der Waals surface area contributed by atoms with Crippen LogP contribution >= 0.6 is 0 Å². The van der Waals surface area contributed by atoms with E-state index in [4.69, 9.17) is 52.7 Å². The van der Waals surface area contributed by atoms with Crippen LogP contribution in [0.15, 0.2) is 170 Å². The van der Waals surface area contributed by atoms with E-state index in [0.29, 0.717) is 24.6 Å². The van der Waals surface area contributed by atoms with Crippen molar-refractivity contribution in [1.82, 2.24) is 0 Å². The van der Waals surface area contributed by atoms with Gasteiger partial charge in [0, 0.05) is 47.2 Å². The molecule has 11 heteroatoms. The summed E-state index contributed by atoms with van der Waals surface area (Å²) in [5.41, 5.74) is 43.1. The second-order valence-electron chi connectivity index (χ2n) is 14.1. The van der Waals surface area contributed by atoms with Crippen LogP contribution < -0.4 is 52.7 Å². The number of nitrogen functional groups attached to an aromatic ring is 6. The van der Waals surface area contributed by atoms with Crippen molar-refractivity contribution < 1.29 is 18.3 Å². The van der Waals surface area contributed by atoms with Crippen molar-refractivity contribution in [2.75, 3.05) is 47.6 Å². The van der Waals surface area contributed by atoms with Crippen LogP contribution in [0.4, 0.5) is 34.1 Å². The van der Waals surface area contributed by atoms with Crippen LogP contribution in [0.2, 0.25) is 13.1 Å². The molecule has 0 spiro atoms. The van der Waals surface area contributed by atoms with Gasteiger partial charge in [0.25, 0.3) is 0 Å². The first kappa shape index (κ1) is 42.9. The van der Waals surface area contributed by atoms with Crippen molar-refractivity contribution in [3.05, 3.63) is 170 Å². The van der Waals surface area contributed by atoms with Crippen molar-refractivity contribution in [3.8, 4) is 45.3 Å². The molecule has 10 nitrogen and oxygen atoms in total. The molecule has 7 aromatic rings. The minimum atomic E-state index is -2.30. The maximum absolute atomic E-state index is 5.92. The fourth-order valence-corrected chi connectivity index (χ4v) is 7.03. The maximum atomic E-state index is 5.92. The molecule has 59 heavy (non-hydrogen) atoms. The molecule has 0 aromatic heterocycles. The third kappa shape index (κ3) is 15.0. The highest BCUT2D eigenvalue weighted by molar-refractivity contribution is 6.66. The van der Waals surface area contributed by atoms with Crippen molar-refractivity contribution >= 4 is 42.7 Å². The molecule has 7 aromatic carbocycles. The first-order valence-electron chi connectivity index (χ1n) is 19.3. The van der Waals surface area contributed by atoms with Crippen LogP contribution in [-0.2, 0) is 0 Å². The first-order valence-corrected chi connectivity index (χ1v) is 22.1. The number of anilines is 6. The van der Waals surface area contributed by atoms with Gasteiger partial charge in [0.05, 0.1) is 13.2 Å². The predicted octanol–water partition coefficient (Wildman–Crippen LogP) is 10.3. The fraction of sp³-hybridized carbons (Fsp3) is 0.125. The van der Waals surface area contributed by atoms with Crippen LogP contribution in [0, 0.1) is 0 Å². The SMILES string of the molecule is C[Si](C)(Oc1ccc(N)cc1)Oc1ccc(N)cc1.Nc1ccc(-c2ccc(-c3ccc(N)cc3)cc2)cc1.Nc1ccc(OCCCCOc2ccc(N)cc2)cc1. The highest BCUT2D eigenvalue weighted by Crippen LogP contribution is 2.26. The Kier molecular flexibility index (Phi) is 15.5. The number of nitrogens with two attached hydrogens (primary N) is 6.